The van der Waals surface area contributed by atoms with E-state index in [1.54, 1.807) is 29.0 Å². The van der Waals surface area contributed by atoms with E-state index in [4.69, 9.17) is 10.5 Å². The fourth-order valence-corrected chi connectivity index (χ4v) is 2.35. The Labute approximate surface area is 135 Å². The molecule has 22 heavy (non-hydrogen) atoms. The first kappa shape index (κ1) is 18.4. The summed E-state index contributed by atoms with van der Waals surface area (Å²) in [5.41, 5.74) is 6.40. The van der Waals surface area contributed by atoms with Gasteiger partial charge in [0.05, 0.1) is 18.5 Å². The van der Waals surface area contributed by atoms with Crippen molar-refractivity contribution in [1.82, 2.24) is 15.1 Å². The summed E-state index contributed by atoms with van der Waals surface area (Å²) in [6.07, 6.45) is 4.84. The van der Waals surface area contributed by atoms with Gasteiger partial charge in [-0.3, -0.25) is 14.3 Å². The first-order valence-electron chi connectivity index (χ1n) is 6.88. The number of aromatic nitrogens is 2. The lowest BCUT2D eigenvalue weighted by Crippen LogP contribution is -2.56. The van der Waals surface area contributed by atoms with Crippen LogP contribution in [0.15, 0.2) is 12.4 Å². The van der Waals surface area contributed by atoms with E-state index < -0.39 is 12.1 Å². The smallest absolute Gasteiger partial charge is 0.249 e. The van der Waals surface area contributed by atoms with Gasteiger partial charge in [-0.15, -0.1) is 12.4 Å². The number of aryl methyl sites for hydroxylation is 1. The van der Waals surface area contributed by atoms with Crippen LogP contribution in [-0.4, -0.2) is 53.9 Å². The molecule has 1 aliphatic rings. The fraction of sp³-hybridized carbons (Fsp3) is 0.615. The van der Waals surface area contributed by atoms with Crippen LogP contribution in [0.3, 0.4) is 0 Å². The molecular weight excluding hydrogens is 310 g/mol. The van der Waals surface area contributed by atoms with Crippen LogP contribution in [0, 0.1) is 0 Å². The average molecular weight is 332 g/mol. The predicted molar refractivity (Wildman–Crippen MR) is 83.8 cm³/mol. The number of rotatable bonds is 5. The Morgan fingerprint density at radius 2 is 2.36 bits per heavy atom. The van der Waals surface area contributed by atoms with Crippen molar-refractivity contribution in [2.75, 3.05) is 25.2 Å². The number of anilines is 1. The van der Waals surface area contributed by atoms with E-state index in [2.05, 4.69) is 10.4 Å². The SMILES string of the molecule is COCC(N)C(=O)NC1CCCN(c2cnn(C)c2)C1=O.Cl. The molecule has 2 atom stereocenters. The zero-order chi connectivity index (χ0) is 15.4. The van der Waals surface area contributed by atoms with E-state index in [0.717, 1.165) is 12.1 Å². The molecule has 3 N–H and O–H groups in total. The molecule has 8 nitrogen and oxygen atoms in total. The normalized spacial score (nSPS) is 19.5. The van der Waals surface area contributed by atoms with Crippen molar-refractivity contribution < 1.29 is 14.3 Å². The Morgan fingerprint density at radius 1 is 1.64 bits per heavy atom. The first-order valence-corrected chi connectivity index (χ1v) is 6.88. The van der Waals surface area contributed by atoms with Gasteiger partial charge in [-0.2, -0.15) is 5.10 Å². The van der Waals surface area contributed by atoms with Gasteiger partial charge in [-0.1, -0.05) is 0 Å². The maximum atomic E-state index is 12.5. The predicted octanol–water partition coefficient (Wildman–Crippen LogP) is -0.573. The maximum Gasteiger partial charge on any atom is 0.249 e. The molecule has 0 aliphatic carbocycles. The summed E-state index contributed by atoms with van der Waals surface area (Å²) in [4.78, 5) is 26.0. The number of halogens is 1. The monoisotopic (exact) mass is 331 g/mol. The van der Waals surface area contributed by atoms with Crippen molar-refractivity contribution in [3.63, 3.8) is 0 Å². The molecule has 1 aliphatic heterocycles. The number of hydrogen-bond donors (Lipinski definition) is 2. The summed E-state index contributed by atoms with van der Waals surface area (Å²) in [7, 11) is 3.27. The van der Waals surface area contributed by atoms with Crippen LogP contribution in [0.25, 0.3) is 0 Å². The van der Waals surface area contributed by atoms with Crippen LogP contribution in [0.5, 0.6) is 0 Å². The van der Waals surface area contributed by atoms with Crippen molar-refractivity contribution in [2.24, 2.45) is 12.8 Å². The fourth-order valence-electron chi connectivity index (χ4n) is 2.35. The van der Waals surface area contributed by atoms with Gasteiger partial charge in [0, 0.05) is 26.9 Å². The Hall–Kier alpha value is -1.64. The zero-order valence-corrected chi connectivity index (χ0v) is 13.5. The number of ether oxygens (including phenoxy) is 1. The number of methoxy groups -OCH3 is 1. The molecule has 2 amide bonds. The third-order valence-corrected chi connectivity index (χ3v) is 3.44. The molecule has 9 heteroatoms. The third-order valence-electron chi connectivity index (χ3n) is 3.44. The number of piperidine rings is 1. The number of carbonyl (C=O) groups is 2. The molecule has 0 spiro atoms. The summed E-state index contributed by atoms with van der Waals surface area (Å²) < 4.78 is 6.48. The topological polar surface area (TPSA) is 102 Å². The first-order chi connectivity index (χ1) is 10.0. The number of hydrogen-bond acceptors (Lipinski definition) is 5. The van der Waals surface area contributed by atoms with Crippen LogP contribution in [0.4, 0.5) is 5.69 Å². The molecule has 124 valence electrons. The number of amides is 2. The van der Waals surface area contributed by atoms with Crippen molar-refractivity contribution >= 4 is 29.9 Å². The van der Waals surface area contributed by atoms with Gasteiger partial charge in [0.1, 0.15) is 12.1 Å². The summed E-state index contributed by atoms with van der Waals surface area (Å²) in [6.45, 7) is 0.750. The van der Waals surface area contributed by atoms with E-state index >= 15 is 0 Å². The molecule has 0 aromatic carbocycles. The van der Waals surface area contributed by atoms with Gasteiger partial charge in [0.15, 0.2) is 0 Å². The Kier molecular flexibility index (Phi) is 6.79. The van der Waals surface area contributed by atoms with Crippen molar-refractivity contribution in [2.45, 2.75) is 24.9 Å². The van der Waals surface area contributed by atoms with Crippen molar-refractivity contribution in [3.8, 4) is 0 Å². The molecule has 2 heterocycles. The highest BCUT2D eigenvalue weighted by Crippen LogP contribution is 2.20. The second-order valence-electron chi connectivity index (χ2n) is 5.13. The van der Waals surface area contributed by atoms with E-state index in [1.807, 2.05) is 0 Å². The largest absolute Gasteiger partial charge is 0.383 e. The molecule has 0 bridgehead atoms. The highest BCUT2D eigenvalue weighted by Gasteiger charge is 2.32. The Balaban J connectivity index is 0.00000242. The van der Waals surface area contributed by atoms with Gasteiger partial charge >= 0.3 is 0 Å². The molecular formula is C13H22ClN5O3. The van der Waals surface area contributed by atoms with Crippen LogP contribution in [0.2, 0.25) is 0 Å². The van der Waals surface area contributed by atoms with Gasteiger partial charge in [0.25, 0.3) is 0 Å². The lowest BCUT2D eigenvalue weighted by atomic mass is 10.0. The molecule has 0 radical (unpaired) electrons. The van der Waals surface area contributed by atoms with Crippen LogP contribution >= 0.6 is 12.4 Å². The van der Waals surface area contributed by atoms with Crippen LogP contribution in [-0.2, 0) is 21.4 Å². The molecule has 0 saturated carbocycles. The van der Waals surface area contributed by atoms with Gasteiger partial charge in [-0.25, -0.2) is 0 Å². The minimum absolute atomic E-state index is 0. The summed E-state index contributed by atoms with van der Waals surface area (Å²) in [5.74, 6) is -0.504. The molecule has 2 unspecified atom stereocenters. The summed E-state index contributed by atoms with van der Waals surface area (Å²) >= 11 is 0. The molecule has 1 aromatic heterocycles. The molecule has 2 rings (SSSR count). The number of nitrogens with one attached hydrogen (secondary N) is 1. The molecule has 1 fully saturated rings. The second-order valence-corrected chi connectivity index (χ2v) is 5.13. The van der Waals surface area contributed by atoms with E-state index in [9.17, 15) is 9.59 Å². The van der Waals surface area contributed by atoms with Crippen LogP contribution in [0.1, 0.15) is 12.8 Å². The van der Waals surface area contributed by atoms with Crippen molar-refractivity contribution in [3.05, 3.63) is 12.4 Å². The third kappa shape index (κ3) is 4.19. The number of carbonyl (C=O) groups excluding carboxylic acids is 2. The van der Waals surface area contributed by atoms with E-state index in [0.29, 0.717) is 13.0 Å². The van der Waals surface area contributed by atoms with E-state index in [1.165, 1.54) is 7.11 Å². The van der Waals surface area contributed by atoms with Crippen LogP contribution < -0.4 is 16.0 Å². The quantitative estimate of drug-likeness (QED) is 0.752. The maximum absolute atomic E-state index is 12.5. The van der Waals surface area contributed by atoms with Gasteiger partial charge in [-0.05, 0) is 12.8 Å². The second kappa shape index (κ2) is 8.11. The number of nitrogens with two attached hydrogens (primary N) is 1. The lowest BCUT2D eigenvalue weighted by Gasteiger charge is -2.32. The minimum Gasteiger partial charge on any atom is -0.383 e. The van der Waals surface area contributed by atoms with E-state index in [-0.39, 0.29) is 30.8 Å². The Morgan fingerprint density at radius 3 is 2.95 bits per heavy atom. The average Bonchev–Trinajstić information content (AvgIpc) is 2.87. The molecule has 1 aromatic rings. The lowest BCUT2D eigenvalue weighted by molar-refractivity contribution is -0.129. The van der Waals surface area contributed by atoms with Crippen molar-refractivity contribution in [1.29, 1.82) is 0 Å². The summed E-state index contributed by atoms with van der Waals surface area (Å²) in [5, 5.41) is 6.76. The Bertz CT molecular complexity index is 522. The zero-order valence-electron chi connectivity index (χ0n) is 12.7. The number of nitrogens with zero attached hydrogens (tertiary/aromatic N) is 3. The highest BCUT2D eigenvalue weighted by atomic mass is 35.5. The minimum atomic E-state index is -0.767. The van der Waals surface area contributed by atoms with Gasteiger partial charge < -0.3 is 20.7 Å². The molecule has 1 saturated heterocycles. The summed E-state index contributed by atoms with van der Waals surface area (Å²) in [6, 6.07) is -1.31. The van der Waals surface area contributed by atoms with Gasteiger partial charge in [0.2, 0.25) is 11.8 Å². The standard InChI is InChI=1S/C13H21N5O3.ClH/c1-17-7-9(6-15-17)18-5-3-4-11(13(18)20)16-12(19)10(14)8-21-2;/h6-7,10-11H,3-5,8,14H2,1-2H3,(H,16,19);1H. The highest BCUT2D eigenvalue weighted by molar-refractivity contribution is 6.00.